The summed E-state index contributed by atoms with van der Waals surface area (Å²) < 4.78 is 5.60. The lowest BCUT2D eigenvalue weighted by Crippen LogP contribution is -2.35. The summed E-state index contributed by atoms with van der Waals surface area (Å²) in [6.07, 6.45) is 1.18. The number of nitrogens with one attached hydrogen (secondary N) is 1. The van der Waals surface area contributed by atoms with Crippen LogP contribution in [0.1, 0.15) is 21.5 Å². The first-order chi connectivity index (χ1) is 13.7. The SMILES string of the molecule is N#C/C(=C/c1cc(Cl)c(OCc2ccc(C(=O)O)cc2)c(Cl)c1)C(=O)NC(N)=O. The van der Waals surface area contributed by atoms with Crippen molar-refractivity contribution >= 4 is 47.2 Å². The molecule has 0 saturated heterocycles. The molecule has 0 aliphatic carbocycles. The van der Waals surface area contributed by atoms with Crippen molar-refractivity contribution in [3.05, 3.63) is 68.7 Å². The molecule has 2 rings (SSSR count). The first kappa shape index (κ1) is 21.8. The Labute approximate surface area is 175 Å². The van der Waals surface area contributed by atoms with Crippen LogP contribution in [0.3, 0.4) is 0 Å². The van der Waals surface area contributed by atoms with Crippen LogP contribution in [-0.4, -0.2) is 23.0 Å². The number of hydrogen-bond donors (Lipinski definition) is 3. The van der Waals surface area contributed by atoms with E-state index in [-0.39, 0.29) is 33.5 Å². The maximum Gasteiger partial charge on any atom is 0.335 e. The number of ether oxygens (including phenoxy) is 1. The third-order valence-corrected chi connectivity index (χ3v) is 4.08. The van der Waals surface area contributed by atoms with Crippen molar-refractivity contribution in [3.8, 4) is 11.8 Å². The molecule has 10 heteroatoms. The second-order valence-electron chi connectivity index (χ2n) is 5.59. The molecule has 3 amide bonds. The highest BCUT2D eigenvalue weighted by Gasteiger charge is 2.14. The average molecular weight is 434 g/mol. The first-order valence-corrected chi connectivity index (χ1v) is 8.63. The standard InChI is InChI=1S/C19H13Cl2N3O5/c20-14-6-11(5-13(8-22)17(25)24-19(23)28)7-15(21)16(14)29-9-10-1-3-12(4-2-10)18(26)27/h1-7H,9H2,(H,26,27)(H3,23,24,25,28)/b13-5-. The molecule has 0 fully saturated rings. The van der Waals surface area contributed by atoms with Gasteiger partial charge in [0.25, 0.3) is 5.91 Å². The Bertz CT molecular complexity index is 1020. The summed E-state index contributed by atoms with van der Waals surface area (Å²) in [7, 11) is 0. The number of primary amides is 1. The molecule has 0 heterocycles. The normalized spacial score (nSPS) is 10.7. The molecule has 4 N–H and O–H groups in total. The highest BCUT2D eigenvalue weighted by atomic mass is 35.5. The summed E-state index contributed by atoms with van der Waals surface area (Å²) in [5.41, 5.74) is 5.66. The van der Waals surface area contributed by atoms with E-state index in [2.05, 4.69) is 0 Å². The molecule has 0 spiro atoms. The number of aromatic carboxylic acids is 1. The summed E-state index contributed by atoms with van der Waals surface area (Å²) in [6, 6.07) is 9.48. The molecule has 0 atom stereocenters. The van der Waals surface area contributed by atoms with Crippen molar-refractivity contribution in [2.45, 2.75) is 6.61 Å². The van der Waals surface area contributed by atoms with Gasteiger partial charge in [0.2, 0.25) is 0 Å². The minimum absolute atomic E-state index is 0.0823. The number of urea groups is 1. The fourth-order valence-electron chi connectivity index (χ4n) is 2.19. The third-order valence-electron chi connectivity index (χ3n) is 3.52. The number of rotatable bonds is 6. The lowest BCUT2D eigenvalue weighted by molar-refractivity contribution is -0.115. The van der Waals surface area contributed by atoms with Crippen molar-refractivity contribution < 1.29 is 24.2 Å². The Balaban J connectivity index is 2.19. The lowest BCUT2D eigenvalue weighted by Gasteiger charge is -2.11. The molecule has 0 aromatic heterocycles. The van der Waals surface area contributed by atoms with Gasteiger partial charge in [-0.05, 0) is 41.5 Å². The summed E-state index contributed by atoms with van der Waals surface area (Å²) in [4.78, 5) is 33.3. The molecule has 2 aromatic rings. The summed E-state index contributed by atoms with van der Waals surface area (Å²) in [6.45, 7) is 0.0823. The van der Waals surface area contributed by atoms with Crippen LogP contribution < -0.4 is 15.8 Å². The van der Waals surface area contributed by atoms with Crippen molar-refractivity contribution in [2.24, 2.45) is 5.73 Å². The number of nitrogens with zero attached hydrogens (tertiary/aromatic N) is 1. The van der Waals surface area contributed by atoms with Gasteiger partial charge in [0.1, 0.15) is 18.2 Å². The maximum absolute atomic E-state index is 11.7. The average Bonchev–Trinajstić information content (AvgIpc) is 2.65. The summed E-state index contributed by atoms with van der Waals surface area (Å²) in [5.74, 6) is -1.82. The minimum Gasteiger partial charge on any atom is -0.486 e. The van der Waals surface area contributed by atoms with Gasteiger partial charge >= 0.3 is 12.0 Å². The minimum atomic E-state index is -1.09. The Kier molecular flexibility index (Phi) is 7.20. The largest absolute Gasteiger partial charge is 0.486 e. The van der Waals surface area contributed by atoms with Gasteiger partial charge in [-0.3, -0.25) is 10.1 Å². The third kappa shape index (κ3) is 5.97. The van der Waals surface area contributed by atoms with Crippen LogP contribution in [0, 0.1) is 11.3 Å². The molecule has 8 nitrogen and oxygen atoms in total. The number of carboxylic acids is 1. The molecule has 0 saturated carbocycles. The topological polar surface area (TPSA) is 143 Å². The molecule has 148 valence electrons. The number of carboxylic acid groups (broad SMARTS) is 1. The van der Waals surface area contributed by atoms with E-state index in [4.69, 9.17) is 44.0 Å². The summed E-state index contributed by atoms with van der Waals surface area (Å²) in [5, 5.41) is 20.0. The maximum atomic E-state index is 11.7. The van der Waals surface area contributed by atoms with Gasteiger partial charge in [-0.15, -0.1) is 0 Å². The smallest absolute Gasteiger partial charge is 0.335 e. The number of imide groups is 1. The summed E-state index contributed by atoms with van der Waals surface area (Å²) >= 11 is 12.4. The first-order valence-electron chi connectivity index (χ1n) is 7.88. The number of carbonyl (C=O) groups is 3. The van der Waals surface area contributed by atoms with Crippen molar-refractivity contribution in [3.63, 3.8) is 0 Å². The zero-order valence-corrected chi connectivity index (χ0v) is 16.1. The van der Waals surface area contributed by atoms with Crippen molar-refractivity contribution in [1.29, 1.82) is 5.26 Å². The van der Waals surface area contributed by atoms with Crippen LogP contribution >= 0.6 is 23.2 Å². The van der Waals surface area contributed by atoms with Gasteiger partial charge in [0.05, 0.1) is 15.6 Å². The fourth-order valence-corrected chi connectivity index (χ4v) is 2.81. The molecule has 0 radical (unpaired) electrons. The molecule has 2 aromatic carbocycles. The molecule has 0 aliphatic rings. The number of halogens is 2. The Morgan fingerprint density at radius 2 is 1.76 bits per heavy atom. The van der Waals surface area contributed by atoms with E-state index in [1.165, 1.54) is 30.3 Å². The number of amides is 3. The Hall–Kier alpha value is -3.54. The molecular weight excluding hydrogens is 421 g/mol. The predicted octanol–water partition coefficient (Wildman–Crippen LogP) is 3.37. The van der Waals surface area contributed by atoms with Crippen LogP contribution in [0.4, 0.5) is 4.79 Å². The molecule has 0 unspecified atom stereocenters. The monoisotopic (exact) mass is 433 g/mol. The van der Waals surface area contributed by atoms with E-state index < -0.39 is 17.9 Å². The highest BCUT2D eigenvalue weighted by Crippen LogP contribution is 2.35. The van der Waals surface area contributed by atoms with Gasteiger partial charge < -0.3 is 15.6 Å². The molecular formula is C19H13Cl2N3O5. The van der Waals surface area contributed by atoms with Gasteiger partial charge in [-0.1, -0.05) is 35.3 Å². The van der Waals surface area contributed by atoms with Crippen molar-refractivity contribution in [2.75, 3.05) is 0 Å². The molecule has 0 aliphatic heterocycles. The van der Waals surface area contributed by atoms with E-state index in [0.29, 0.717) is 11.1 Å². The van der Waals surface area contributed by atoms with Crippen molar-refractivity contribution in [1.82, 2.24) is 5.32 Å². The van der Waals surface area contributed by atoms with Gasteiger partial charge in [0, 0.05) is 0 Å². The number of benzene rings is 2. The van der Waals surface area contributed by atoms with E-state index in [1.807, 2.05) is 0 Å². The number of nitriles is 1. The fraction of sp³-hybridized carbons (Fsp3) is 0.0526. The highest BCUT2D eigenvalue weighted by molar-refractivity contribution is 6.37. The number of carbonyl (C=O) groups excluding carboxylic acids is 2. The number of hydrogen-bond acceptors (Lipinski definition) is 5. The van der Waals surface area contributed by atoms with E-state index in [9.17, 15) is 14.4 Å². The Morgan fingerprint density at radius 3 is 2.24 bits per heavy atom. The Morgan fingerprint density at radius 1 is 1.17 bits per heavy atom. The van der Waals surface area contributed by atoms with E-state index in [0.717, 1.165) is 0 Å². The van der Waals surface area contributed by atoms with Crippen LogP contribution in [0.2, 0.25) is 10.0 Å². The predicted molar refractivity (Wildman–Crippen MR) is 106 cm³/mol. The molecule has 0 bridgehead atoms. The molecule has 29 heavy (non-hydrogen) atoms. The van der Waals surface area contributed by atoms with E-state index >= 15 is 0 Å². The van der Waals surface area contributed by atoms with Crippen LogP contribution in [0.5, 0.6) is 5.75 Å². The lowest BCUT2D eigenvalue weighted by atomic mass is 10.1. The second kappa shape index (κ2) is 9.59. The van der Waals surface area contributed by atoms with Crippen LogP contribution in [-0.2, 0) is 11.4 Å². The number of nitrogens with two attached hydrogens (primary N) is 1. The zero-order chi connectivity index (χ0) is 21.6. The van der Waals surface area contributed by atoms with Crippen LogP contribution in [0.15, 0.2) is 42.0 Å². The van der Waals surface area contributed by atoms with E-state index in [1.54, 1.807) is 23.5 Å². The van der Waals surface area contributed by atoms with Crippen LogP contribution in [0.25, 0.3) is 6.08 Å². The van der Waals surface area contributed by atoms with Gasteiger partial charge in [-0.25, -0.2) is 9.59 Å². The second-order valence-corrected chi connectivity index (χ2v) is 6.41. The zero-order valence-electron chi connectivity index (χ0n) is 14.6. The van der Waals surface area contributed by atoms with Gasteiger partial charge in [-0.2, -0.15) is 5.26 Å². The quantitative estimate of drug-likeness (QED) is 0.470. The van der Waals surface area contributed by atoms with Gasteiger partial charge in [0.15, 0.2) is 5.75 Å².